The first-order valence-electron chi connectivity index (χ1n) is 5.50. The SMILES string of the molecule is Cc1c(N)ncnc1Nc1cc(C(F)(F)F)ccc1Cl. The molecule has 20 heavy (non-hydrogen) atoms. The summed E-state index contributed by atoms with van der Waals surface area (Å²) in [5.74, 6) is 0.546. The summed E-state index contributed by atoms with van der Waals surface area (Å²) in [6.45, 7) is 1.65. The van der Waals surface area contributed by atoms with Crippen molar-refractivity contribution < 1.29 is 13.2 Å². The predicted octanol–water partition coefficient (Wildman–Crippen LogP) is 3.78. The summed E-state index contributed by atoms with van der Waals surface area (Å²) in [6, 6.07) is 3.00. The van der Waals surface area contributed by atoms with Gasteiger partial charge in [-0.3, -0.25) is 0 Å². The number of nitrogens with one attached hydrogen (secondary N) is 1. The quantitative estimate of drug-likeness (QED) is 0.886. The van der Waals surface area contributed by atoms with E-state index < -0.39 is 11.7 Å². The van der Waals surface area contributed by atoms with Crippen LogP contribution in [0.15, 0.2) is 24.5 Å². The molecule has 0 spiro atoms. The predicted molar refractivity (Wildman–Crippen MR) is 70.9 cm³/mol. The Hall–Kier alpha value is -2.02. The van der Waals surface area contributed by atoms with Gasteiger partial charge in [0.2, 0.25) is 0 Å². The highest BCUT2D eigenvalue weighted by atomic mass is 35.5. The van der Waals surface area contributed by atoms with Crippen molar-refractivity contribution in [2.45, 2.75) is 13.1 Å². The molecule has 2 rings (SSSR count). The third-order valence-corrected chi connectivity index (χ3v) is 3.00. The Kier molecular flexibility index (Phi) is 3.71. The van der Waals surface area contributed by atoms with Gasteiger partial charge in [-0.15, -0.1) is 0 Å². The van der Waals surface area contributed by atoms with Crippen molar-refractivity contribution in [3.8, 4) is 0 Å². The molecule has 0 saturated carbocycles. The van der Waals surface area contributed by atoms with Gasteiger partial charge in [0.1, 0.15) is 18.0 Å². The Balaban J connectivity index is 2.41. The van der Waals surface area contributed by atoms with Crippen molar-refractivity contribution in [1.82, 2.24) is 9.97 Å². The molecule has 1 aromatic carbocycles. The minimum absolute atomic E-state index is 0.0997. The zero-order chi connectivity index (χ0) is 14.9. The fourth-order valence-corrected chi connectivity index (χ4v) is 1.68. The minimum atomic E-state index is -4.44. The van der Waals surface area contributed by atoms with Gasteiger partial charge in [-0.2, -0.15) is 13.2 Å². The average Bonchev–Trinajstić information content (AvgIpc) is 2.36. The van der Waals surface area contributed by atoms with E-state index in [9.17, 15) is 13.2 Å². The molecule has 0 unspecified atom stereocenters. The summed E-state index contributed by atoms with van der Waals surface area (Å²) in [5.41, 5.74) is 5.43. The summed E-state index contributed by atoms with van der Waals surface area (Å²) in [4.78, 5) is 7.70. The molecule has 0 saturated heterocycles. The lowest BCUT2D eigenvalue weighted by Gasteiger charge is -2.13. The number of nitrogens with two attached hydrogens (primary N) is 1. The molecule has 4 nitrogen and oxygen atoms in total. The highest BCUT2D eigenvalue weighted by Crippen LogP contribution is 2.35. The van der Waals surface area contributed by atoms with Gasteiger partial charge >= 0.3 is 6.18 Å². The maximum atomic E-state index is 12.7. The average molecular weight is 303 g/mol. The van der Waals surface area contributed by atoms with Crippen LogP contribution >= 0.6 is 11.6 Å². The van der Waals surface area contributed by atoms with Crippen LogP contribution in [0.3, 0.4) is 0 Å². The number of anilines is 3. The maximum absolute atomic E-state index is 12.7. The van der Waals surface area contributed by atoms with E-state index in [0.29, 0.717) is 11.4 Å². The monoisotopic (exact) mass is 302 g/mol. The van der Waals surface area contributed by atoms with Crippen molar-refractivity contribution in [1.29, 1.82) is 0 Å². The standard InChI is InChI=1S/C12H10ClF3N4/c1-6-10(17)18-5-19-11(6)20-9-4-7(12(14,15)16)2-3-8(9)13/h2-5H,1H3,(H3,17,18,19,20). The number of aromatic nitrogens is 2. The second-order valence-electron chi connectivity index (χ2n) is 4.05. The van der Waals surface area contributed by atoms with Crippen LogP contribution in [0.25, 0.3) is 0 Å². The molecule has 0 bridgehead atoms. The maximum Gasteiger partial charge on any atom is 0.416 e. The topological polar surface area (TPSA) is 63.8 Å². The van der Waals surface area contributed by atoms with E-state index in [-0.39, 0.29) is 16.5 Å². The second kappa shape index (κ2) is 5.16. The van der Waals surface area contributed by atoms with E-state index in [4.69, 9.17) is 17.3 Å². The van der Waals surface area contributed by atoms with Crippen molar-refractivity contribution in [2.24, 2.45) is 0 Å². The molecule has 106 valence electrons. The molecule has 0 atom stereocenters. The van der Waals surface area contributed by atoms with Gasteiger partial charge in [0, 0.05) is 5.56 Å². The van der Waals surface area contributed by atoms with Crippen molar-refractivity contribution >= 4 is 28.9 Å². The normalized spacial score (nSPS) is 11.4. The van der Waals surface area contributed by atoms with Crippen LogP contribution in [0.2, 0.25) is 5.02 Å². The number of nitrogen functional groups attached to an aromatic ring is 1. The lowest BCUT2D eigenvalue weighted by atomic mass is 10.2. The first-order chi connectivity index (χ1) is 9.29. The van der Waals surface area contributed by atoms with Gasteiger partial charge in [0.15, 0.2) is 0 Å². The summed E-state index contributed by atoms with van der Waals surface area (Å²) >= 11 is 5.88. The number of alkyl halides is 3. The van der Waals surface area contributed by atoms with Crippen LogP contribution in [0.1, 0.15) is 11.1 Å². The van der Waals surface area contributed by atoms with Gasteiger partial charge in [-0.25, -0.2) is 9.97 Å². The number of benzene rings is 1. The third-order valence-electron chi connectivity index (χ3n) is 2.67. The van der Waals surface area contributed by atoms with Crippen molar-refractivity contribution in [2.75, 3.05) is 11.1 Å². The Labute approximate surface area is 117 Å². The molecular formula is C12H10ClF3N4. The largest absolute Gasteiger partial charge is 0.416 e. The molecule has 0 aliphatic heterocycles. The molecule has 0 amide bonds. The smallest absolute Gasteiger partial charge is 0.383 e. The van der Waals surface area contributed by atoms with Gasteiger partial charge < -0.3 is 11.1 Å². The van der Waals surface area contributed by atoms with Crippen LogP contribution in [0.5, 0.6) is 0 Å². The van der Waals surface area contributed by atoms with Gasteiger partial charge in [-0.05, 0) is 25.1 Å². The lowest BCUT2D eigenvalue weighted by Crippen LogP contribution is -2.07. The highest BCUT2D eigenvalue weighted by molar-refractivity contribution is 6.33. The van der Waals surface area contributed by atoms with Crippen LogP contribution in [-0.2, 0) is 6.18 Å². The molecule has 1 aromatic heterocycles. The van der Waals surface area contributed by atoms with Crippen LogP contribution in [0.4, 0.5) is 30.5 Å². The van der Waals surface area contributed by atoms with Crippen LogP contribution in [0, 0.1) is 6.92 Å². The molecule has 0 aliphatic carbocycles. The molecule has 0 aliphatic rings. The number of halogens is 4. The first kappa shape index (κ1) is 14.4. The molecule has 0 radical (unpaired) electrons. The second-order valence-corrected chi connectivity index (χ2v) is 4.46. The lowest BCUT2D eigenvalue weighted by molar-refractivity contribution is -0.137. The molecule has 1 heterocycles. The molecule has 8 heteroatoms. The fraction of sp³-hybridized carbons (Fsp3) is 0.167. The van der Waals surface area contributed by atoms with E-state index in [2.05, 4.69) is 15.3 Å². The number of rotatable bonds is 2. The zero-order valence-electron chi connectivity index (χ0n) is 10.3. The van der Waals surface area contributed by atoms with E-state index in [1.54, 1.807) is 6.92 Å². The molecule has 2 aromatic rings. The molecule has 3 N–H and O–H groups in total. The van der Waals surface area contributed by atoms with Crippen LogP contribution in [-0.4, -0.2) is 9.97 Å². The number of nitrogens with zero attached hydrogens (tertiary/aromatic N) is 2. The third kappa shape index (κ3) is 2.93. The Morgan fingerprint density at radius 1 is 1.25 bits per heavy atom. The Morgan fingerprint density at radius 3 is 2.60 bits per heavy atom. The fourth-order valence-electron chi connectivity index (χ4n) is 1.51. The van der Waals surface area contributed by atoms with Gasteiger partial charge in [-0.1, -0.05) is 11.6 Å². The number of hydrogen-bond acceptors (Lipinski definition) is 4. The van der Waals surface area contributed by atoms with Crippen LogP contribution < -0.4 is 11.1 Å². The van der Waals surface area contributed by atoms with E-state index in [1.807, 2.05) is 0 Å². The molecule has 0 fully saturated rings. The summed E-state index contributed by atoms with van der Waals surface area (Å²) in [6.07, 6.45) is -3.23. The first-order valence-corrected chi connectivity index (χ1v) is 5.87. The minimum Gasteiger partial charge on any atom is -0.383 e. The Morgan fingerprint density at radius 2 is 1.95 bits per heavy atom. The summed E-state index contributed by atoms with van der Waals surface area (Å²) in [7, 11) is 0. The highest BCUT2D eigenvalue weighted by Gasteiger charge is 2.31. The van der Waals surface area contributed by atoms with Gasteiger partial charge in [0.05, 0.1) is 16.3 Å². The molecular weight excluding hydrogens is 293 g/mol. The zero-order valence-corrected chi connectivity index (χ0v) is 11.0. The van der Waals surface area contributed by atoms with Gasteiger partial charge in [0.25, 0.3) is 0 Å². The summed E-state index contributed by atoms with van der Waals surface area (Å²) in [5, 5.41) is 2.88. The number of hydrogen-bond donors (Lipinski definition) is 2. The van der Waals surface area contributed by atoms with E-state index >= 15 is 0 Å². The summed E-state index contributed by atoms with van der Waals surface area (Å²) < 4.78 is 38.0. The van der Waals surface area contributed by atoms with Crippen molar-refractivity contribution in [3.05, 3.63) is 40.7 Å². The van der Waals surface area contributed by atoms with E-state index in [1.165, 1.54) is 12.4 Å². The Bertz CT molecular complexity index is 643. The van der Waals surface area contributed by atoms with Crippen molar-refractivity contribution in [3.63, 3.8) is 0 Å². The van der Waals surface area contributed by atoms with E-state index in [0.717, 1.165) is 12.1 Å².